The van der Waals surface area contributed by atoms with E-state index in [2.05, 4.69) is 10.1 Å². The smallest absolute Gasteiger partial charge is 0.406 e. The summed E-state index contributed by atoms with van der Waals surface area (Å²) in [6, 6.07) is 5.71. The van der Waals surface area contributed by atoms with E-state index in [-0.39, 0.29) is 24.2 Å². The first-order valence-corrected chi connectivity index (χ1v) is 7.39. The molecule has 1 atom stereocenters. The zero-order chi connectivity index (χ0) is 17.6. The van der Waals surface area contributed by atoms with E-state index >= 15 is 0 Å². The van der Waals surface area contributed by atoms with E-state index in [1.54, 1.807) is 24.1 Å². The lowest BCUT2D eigenvalue weighted by Gasteiger charge is -2.21. The lowest BCUT2D eigenvalue weighted by atomic mass is 10.1. The number of likely N-dealkylation sites (N-methyl/N-ethyl adjacent to an activating group) is 1. The molecule has 0 aliphatic rings. The second-order valence-electron chi connectivity index (χ2n) is 5.96. The van der Waals surface area contributed by atoms with Crippen LogP contribution in [0.3, 0.4) is 0 Å². The van der Waals surface area contributed by atoms with Gasteiger partial charge < -0.3 is 10.1 Å². The van der Waals surface area contributed by atoms with Crippen LogP contribution in [0, 0.1) is 5.92 Å². The van der Waals surface area contributed by atoms with Crippen LogP contribution in [0.1, 0.15) is 26.3 Å². The number of ether oxygens (including phenoxy) is 1. The van der Waals surface area contributed by atoms with Crippen LogP contribution in [-0.4, -0.2) is 36.8 Å². The highest BCUT2D eigenvalue weighted by Crippen LogP contribution is 2.22. The van der Waals surface area contributed by atoms with Crippen LogP contribution >= 0.6 is 0 Å². The van der Waals surface area contributed by atoms with Gasteiger partial charge in [0.05, 0.1) is 6.54 Å². The zero-order valence-electron chi connectivity index (χ0n) is 13.8. The van der Waals surface area contributed by atoms with Gasteiger partial charge in [-0.1, -0.05) is 26.0 Å². The summed E-state index contributed by atoms with van der Waals surface area (Å²) < 4.78 is 40.1. The summed E-state index contributed by atoms with van der Waals surface area (Å²) in [6.07, 6.45) is -4.69. The summed E-state index contributed by atoms with van der Waals surface area (Å²) in [4.78, 5) is 13.7. The molecule has 0 aliphatic heterocycles. The van der Waals surface area contributed by atoms with Crippen molar-refractivity contribution >= 4 is 5.91 Å². The van der Waals surface area contributed by atoms with Crippen molar-refractivity contribution in [3.8, 4) is 5.75 Å². The number of hydrogen-bond acceptors (Lipinski definition) is 3. The number of benzene rings is 1. The van der Waals surface area contributed by atoms with Gasteiger partial charge in [0.25, 0.3) is 0 Å². The number of nitrogens with one attached hydrogen (secondary N) is 1. The van der Waals surface area contributed by atoms with Gasteiger partial charge in [-0.3, -0.25) is 9.69 Å². The minimum absolute atomic E-state index is 0.0780. The molecule has 0 saturated heterocycles. The average Bonchev–Trinajstić information content (AvgIpc) is 2.38. The molecule has 1 unspecified atom stereocenters. The maximum Gasteiger partial charge on any atom is 0.573 e. The molecule has 1 aromatic rings. The topological polar surface area (TPSA) is 41.6 Å². The van der Waals surface area contributed by atoms with Crippen LogP contribution in [0.5, 0.6) is 5.75 Å². The standard InChI is InChI=1S/C16H23F3N2O2/c1-11(2)12(3)20-15(22)10-21(4)9-13-5-7-14(8-6-13)23-16(17,18)19/h5-8,11-12H,9-10H2,1-4H3,(H,20,22). The fraction of sp³-hybridized carbons (Fsp3) is 0.562. The van der Waals surface area contributed by atoms with Crippen molar-refractivity contribution < 1.29 is 22.7 Å². The van der Waals surface area contributed by atoms with Crippen LogP contribution in [0.25, 0.3) is 0 Å². The first kappa shape index (κ1) is 19.3. The number of rotatable bonds is 7. The summed E-state index contributed by atoms with van der Waals surface area (Å²) in [6.45, 7) is 6.67. The number of carbonyl (C=O) groups is 1. The molecule has 0 heterocycles. The number of nitrogens with zero attached hydrogens (tertiary/aromatic N) is 1. The van der Waals surface area contributed by atoms with Gasteiger partial charge in [0.15, 0.2) is 0 Å². The number of carbonyl (C=O) groups excluding carboxylic acids is 1. The first-order chi connectivity index (χ1) is 10.6. The van der Waals surface area contributed by atoms with Crippen molar-refractivity contribution in [3.63, 3.8) is 0 Å². The number of amides is 1. The first-order valence-electron chi connectivity index (χ1n) is 7.39. The Labute approximate surface area is 134 Å². The molecule has 0 saturated carbocycles. The van der Waals surface area contributed by atoms with Gasteiger partial charge in [-0.15, -0.1) is 13.2 Å². The van der Waals surface area contributed by atoms with Crippen molar-refractivity contribution in [2.75, 3.05) is 13.6 Å². The third-order valence-electron chi connectivity index (χ3n) is 3.41. The van der Waals surface area contributed by atoms with Gasteiger partial charge in [-0.05, 0) is 37.6 Å². The largest absolute Gasteiger partial charge is 0.573 e. The molecule has 4 nitrogen and oxygen atoms in total. The number of hydrogen-bond donors (Lipinski definition) is 1. The minimum Gasteiger partial charge on any atom is -0.406 e. The Balaban J connectivity index is 2.48. The molecule has 1 aromatic carbocycles. The van der Waals surface area contributed by atoms with Crippen LogP contribution in [0.2, 0.25) is 0 Å². The Kier molecular flexibility index (Phi) is 6.87. The summed E-state index contributed by atoms with van der Waals surface area (Å²) in [7, 11) is 1.78. The molecule has 0 spiro atoms. The maximum atomic E-state index is 12.1. The second-order valence-corrected chi connectivity index (χ2v) is 5.96. The molecule has 1 N–H and O–H groups in total. The molecule has 0 aromatic heterocycles. The maximum absolute atomic E-state index is 12.1. The van der Waals surface area contributed by atoms with Crippen molar-refractivity contribution in [1.29, 1.82) is 0 Å². The van der Waals surface area contributed by atoms with E-state index in [0.717, 1.165) is 5.56 Å². The molecule has 0 aliphatic carbocycles. The van der Waals surface area contributed by atoms with E-state index in [1.807, 2.05) is 20.8 Å². The Hall–Kier alpha value is -1.76. The van der Waals surface area contributed by atoms with Gasteiger partial charge in [-0.25, -0.2) is 0 Å². The van der Waals surface area contributed by atoms with Gasteiger partial charge in [-0.2, -0.15) is 0 Å². The third-order valence-corrected chi connectivity index (χ3v) is 3.41. The van der Waals surface area contributed by atoms with Crippen molar-refractivity contribution in [2.45, 2.75) is 39.7 Å². The number of alkyl halides is 3. The SMILES string of the molecule is CC(C)C(C)NC(=O)CN(C)Cc1ccc(OC(F)(F)F)cc1. The lowest BCUT2D eigenvalue weighted by Crippen LogP contribution is -2.41. The molecular weight excluding hydrogens is 309 g/mol. The van der Waals surface area contributed by atoms with Crippen LogP contribution in [0.15, 0.2) is 24.3 Å². The van der Waals surface area contributed by atoms with Crippen LogP contribution in [-0.2, 0) is 11.3 Å². The monoisotopic (exact) mass is 332 g/mol. The zero-order valence-corrected chi connectivity index (χ0v) is 13.8. The molecule has 7 heteroatoms. The fourth-order valence-corrected chi connectivity index (χ4v) is 1.88. The minimum atomic E-state index is -4.69. The Bertz CT molecular complexity index is 501. The van der Waals surface area contributed by atoms with Gasteiger partial charge in [0, 0.05) is 12.6 Å². The molecule has 23 heavy (non-hydrogen) atoms. The van der Waals surface area contributed by atoms with Crippen LogP contribution < -0.4 is 10.1 Å². The van der Waals surface area contributed by atoms with Crippen LogP contribution in [0.4, 0.5) is 13.2 Å². The predicted octanol–water partition coefficient (Wildman–Crippen LogP) is 3.18. The summed E-state index contributed by atoms with van der Waals surface area (Å²) >= 11 is 0. The third kappa shape index (κ3) is 7.88. The lowest BCUT2D eigenvalue weighted by molar-refractivity contribution is -0.274. The van der Waals surface area contributed by atoms with Crippen molar-refractivity contribution in [3.05, 3.63) is 29.8 Å². The molecule has 0 radical (unpaired) electrons. The van der Waals surface area contributed by atoms with Crippen molar-refractivity contribution in [2.24, 2.45) is 5.92 Å². The summed E-state index contributed by atoms with van der Waals surface area (Å²) in [5, 5.41) is 2.91. The van der Waals surface area contributed by atoms with E-state index < -0.39 is 6.36 Å². The molecular formula is C16H23F3N2O2. The molecule has 130 valence electrons. The normalized spacial score (nSPS) is 13.3. The fourth-order valence-electron chi connectivity index (χ4n) is 1.88. The highest BCUT2D eigenvalue weighted by atomic mass is 19.4. The van der Waals surface area contributed by atoms with Gasteiger partial charge in [0.2, 0.25) is 5.91 Å². The van der Waals surface area contributed by atoms with E-state index in [9.17, 15) is 18.0 Å². The van der Waals surface area contributed by atoms with Gasteiger partial charge in [0.1, 0.15) is 5.75 Å². The highest BCUT2D eigenvalue weighted by molar-refractivity contribution is 5.78. The Morgan fingerprint density at radius 3 is 2.26 bits per heavy atom. The quantitative estimate of drug-likeness (QED) is 0.834. The van der Waals surface area contributed by atoms with Gasteiger partial charge >= 0.3 is 6.36 Å². The molecule has 0 fully saturated rings. The summed E-state index contributed by atoms with van der Waals surface area (Å²) in [5.41, 5.74) is 0.798. The predicted molar refractivity (Wildman–Crippen MR) is 81.9 cm³/mol. The second kappa shape index (κ2) is 8.19. The molecule has 1 rings (SSSR count). The molecule has 1 amide bonds. The highest BCUT2D eigenvalue weighted by Gasteiger charge is 2.30. The van der Waals surface area contributed by atoms with Crippen molar-refractivity contribution in [1.82, 2.24) is 10.2 Å². The summed E-state index contributed by atoms with van der Waals surface area (Å²) in [5.74, 6) is 0.0172. The Morgan fingerprint density at radius 2 is 1.78 bits per heavy atom. The Morgan fingerprint density at radius 1 is 1.22 bits per heavy atom. The average molecular weight is 332 g/mol. The van der Waals surface area contributed by atoms with E-state index in [1.165, 1.54) is 12.1 Å². The van der Waals surface area contributed by atoms with E-state index in [4.69, 9.17) is 0 Å². The number of halogens is 3. The molecule has 0 bridgehead atoms. The van der Waals surface area contributed by atoms with E-state index in [0.29, 0.717) is 12.5 Å².